The predicted molar refractivity (Wildman–Crippen MR) is 67.1 cm³/mol. The normalized spacial score (nSPS) is 14.2. The number of benzene rings is 1. The fraction of sp³-hybridized carbons (Fsp3) is 0.100. The number of nitrogens with zero attached hydrogens (tertiary/aromatic N) is 1. The Balaban J connectivity index is 2.12. The van der Waals surface area contributed by atoms with Gasteiger partial charge in [0.1, 0.15) is 6.54 Å². The van der Waals surface area contributed by atoms with E-state index in [-0.39, 0.29) is 18.4 Å². The van der Waals surface area contributed by atoms with Crippen molar-refractivity contribution < 1.29 is 9.59 Å². The second kappa shape index (κ2) is 4.85. The number of halogens is 2. The van der Waals surface area contributed by atoms with Gasteiger partial charge in [-0.05, 0) is 18.2 Å². The lowest BCUT2D eigenvalue weighted by Gasteiger charge is -2.06. The van der Waals surface area contributed by atoms with Crippen LogP contribution in [0.15, 0.2) is 27.7 Å². The van der Waals surface area contributed by atoms with E-state index in [0.29, 0.717) is 10.6 Å². The Morgan fingerprint density at radius 1 is 1.53 bits per heavy atom. The largest absolute Gasteiger partial charge is 0.295 e. The van der Waals surface area contributed by atoms with Crippen LogP contribution in [0.1, 0.15) is 10.4 Å². The summed E-state index contributed by atoms with van der Waals surface area (Å²) in [6, 6.07) is 4.90. The highest BCUT2D eigenvalue weighted by Gasteiger charge is 2.17. The standard InChI is InChI=1S/C10H7BrClN3O2/c11-5-1-2-6(7(12)3-5)9(17)15-10-13-4-8(16)14-10/h1-3H,4H2,(H2,13,14,15,16,17). The smallest absolute Gasteiger partial charge is 0.259 e. The molecule has 88 valence electrons. The lowest BCUT2D eigenvalue weighted by molar-refractivity contribution is -0.117. The summed E-state index contributed by atoms with van der Waals surface area (Å²) in [5, 5.41) is 5.20. The van der Waals surface area contributed by atoms with Gasteiger partial charge in [0.05, 0.1) is 10.6 Å². The summed E-state index contributed by atoms with van der Waals surface area (Å²) in [5.74, 6) is -0.510. The molecular formula is C10H7BrClN3O2. The predicted octanol–water partition coefficient (Wildman–Crippen LogP) is 1.32. The molecule has 2 rings (SSSR count). The van der Waals surface area contributed by atoms with Gasteiger partial charge in [0, 0.05) is 4.47 Å². The van der Waals surface area contributed by atoms with Crippen molar-refractivity contribution in [2.45, 2.75) is 0 Å². The highest BCUT2D eigenvalue weighted by atomic mass is 79.9. The molecule has 1 heterocycles. The quantitative estimate of drug-likeness (QED) is 0.820. The maximum absolute atomic E-state index is 11.8. The highest BCUT2D eigenvalue weighted by Crippen LogP contribution is 2.21. The molecule has 2 amide bonds. The summed E-state index contributed by atoms with van der Waals surface area (Å²) >= 11 is 9.17. The summed E-state index contributed by atoms with van der Waals surface area (Å²) in [7, 11) is 0. The molecule has 1 aromatic carbocycles. The third-order valence-electron chi connectivity index (χ3n) is 2.05. The van der Waals surface area contributed by atoms with Crippen molar-refractivity contribution in [2.75, 3.05) is 6.54 Å². The average molecular weight is 317 g/mol. The van der Waals surface area contributed by atoms with Gasteiger partial charge in [-0.1, -0.05) is 27.5 Å². The van der Waals surface area contributed by atoms with E-state index in [1.807, 2.05) is 0 Å². The first-order valence-electron chi connectivity index (χ1n) is 4.67. The molecule has 0 aliphatic carbocycles. The fourth-order valence-corrected chi connectivity index (χ4v) is 2.04. The van der Waals surface area contributed by atoms with Gasteiger partial charge in [-0.3, -0.25) is 20.2 Å². The maximum atomic E-state index is 11.8. The number of rotatable bonds is 1. The van der Waals surface area contributed by atoms with Gasteiger partial charge in [0.25, 0.3) is 5.91 Å². The highest BCUT2D eigenvalue weighted by molar-refractivity contribution is 9.10. The Morgan fingerprint density at radius 3 is 2.88 bits per heavy atom. The molecule has 0 saturated carbocycles. The molecule has 5 nitrogen and oxygen atoms in total. The van der Waals surface area contributed by atoms with E-state index in [9.17, 15) is 9.59 Å². The van der Waals surface area contributed by atoms with E-state index in [1.165, 1.54) is 0 Å². The van der Waals surface area contributed by atoms with E-state index in [2.05, 4.69) is 31.6 Å². The second-order valence-corrected chi connectivity index (χ2v) is 4.61. The molecule has 2 N–H and O–H groups in total. The van der Waals surface area contributed by atoms with E-state index >= 15 is 0 Å². The maximum Gasteiger partial charge on any atom is 0.259 e. The minimum absolute atomic E-state index is 0.0314. The van der Waals surface area contributed by atoms with E-state index in [4.69, 9.17) is 11.6 Å². The molecule has 0 atom stereocenters. The number of aliphatic imine (C=N–C) groups is 1. The zero-order chi connectivity index (χ0) is 12.4. The Morgan fingerprint density at radius 2 is 2.29 bits per heavy atom. The van der Waals surface area contributed by atoms with Gasteiger partial charge in [0.15, 0.2) is 0 Å². The molecule has 0 radical (unpaired) electrons. The Hall–Kier alpha value is -1.40. The van der Waals surface area contributed by atoms with Crippen LogP contribution in [-0.4, -0.2) is 24.3 Å². The van der Waals surface area contributed by atoms with Gasteiger partial charge < -0.3 is 0 Å². The van der Waals surface area contributed by atoms with Crippen LogP contribution in [0.2, 0.25) is 5.02 Å². The lowest BCUT2D eigenvalue weighted by Crippen LogP contribution is -2.40. The van der Waals surface area contributed by atoms with Gasteiger partial charge in [-0.15, -0.1) is 0 Å². The second-order valence-electron chi connectivity index (χ2n) is 3.29. The van der Waals surface area contributed by atoms with Gasteiger partial charge in [-0.25, -0.2) is 4.99 Å². The van der Waals surface area contributed by atoms with Crippen molar-refractivity contribution in [3.8, 4) is 0 Å². The van der Waals surface area contributed by atoms with Crippen LogP contribution in [0.3, 0.4) is 0 Å². The first-order chi connectivity index (χ1) is 8.06. The number of hydrogen-bond acceptors (Lipinski definition) is 3. The van der Waals surface area contributed by atoms with Crippen LogP contribution in [0.4, 0.5) is 0 Å². The van der Waals surface area contributed by atoms with Crippen molar-refractivity contribution in [1.82, 2.24) is 10.6 Å². The van der Waals surface area contributed by atoms with Crippen molar-refractivity contribution in [3.63, 3.8) is 0 Å². The molecule has 1 aromatic rings. The number of guanidine groups is 1. The van der Waals surface area contributed by atoms with E-state index in [0.717, 1.165) is 4.47 Å². The molecule has 1 aliphatic heterocycles. The fourth-order valence-electron chi connectivity index (χ4n) is 1.28. The minimum atomic E-state index is -0.413. The van der Waals surface area contributed by atoms with E-state index in [1.54, 1.807) is 18.2 Å². The van der Waals surface area contributed by atoms with E-state index < -0.39 is 5.91 Å². The Labute approximate surface area is 110 Å². The number of hydrogen-bond donors (Lipinski definition) is 2. The number of carbonyl (C=O) groups is 2. The van der Waals surface area contributed by atoms with Crippen molar-refractivity contribution >= 4 is 45.3 Å². The first-order valence-corrected chi connectivity index (χ1v) is 5.84. The Bertz CT molecular complexity index is 530. The van der Waals surface area contributed by atoms with Crippen LogP contribution in [0, 0.1) is 0 Å². The molecule has 17 heavy (non-hydrogen) atoms. The number of amides is 2. The van der Waals surface area contributed by atoms with Gasteiger partial charge in [0.2, 0.25) is 11.9 Å². The molecule has 0 unspecified atom stereocenters. The van der Waals surface area contributed by atoms with Crippen molar-refractivity contribution in [2.24, 2.45) is 4.99 Å². The SMILES string of the molecule is O=C1CN=C(NC(=O)c2ccc(Br)cc2Cl)N1. The lowest BCUT2D eigenvalue weighted by atomic mass is 10.2. The zero-order valence-electron chi connectivity index (χ0n) is 8.46. The van der Waals surface area contributed by atoms with Crippen molar-refractivity contribution in [1.29, 1.82) is 0 Å². The molecule has 1 aliphatic rings. The minimum Gasteiger partial charge on any atom is -0.295 e. The third-order valence-corrected chi connectivity index (χ3v) is 2.85. The summed E-state index contributed by atoms with van der Waals surface area (Å²) in [5.41, 5.74) is 0.318. The van der Waals surface area contributed by atoms with Crippen LogP contribution in [-0.2, 0) is 4.79 Å². The van der Waals surface area contributed by atoms with Crippen molar-refractivity contribution in [3.05, 3.63) is 33.3 Å². The summed E-state index contributed by atoms with van der Waals surface area (Å²) < 4.78 is 0.783. The van der Waals surface area contributed by atoms with Crippen LogP contribution in [0.25, 0.3) is 0 Å². The van der Waals surface area contributed by atoms with Gasteiger partial charge in [-0.2, -0.15) is 0 Å². The molecule has 0 bridgehead atoms. The van der Waals surface area contributed by atoms with Gasteiger partial charge >= 0.3 is 0 Å². The molecule has 0 fully saturated rings. The molecule has 0 aromatic heterocycles. The summed E-state index contributed by atoms with van der Waals surface area (Å²) in [6.07, 6.45) is 0. The van der Waals surface area contributed by atoms with Crippen LogP contribution in [0.5, 0.6) is 0 Å². The molecule has 7 heteroatoms. The topological polar surface area (TPSA) is 70.6 Å². The summed E-state index contributed by atoms with van der Waals surface area (Å²) in [6.45, 7) is 0.0314. The van der Waals surface area contributed by atoms with Crippen LogP contribution < -0.4 is 10.6 Å². The molecule has 0 spiro atoms. The zero-order valence-corrected chi connectivity index (χ0v) is 10.8. The number of carbonyl (C=O) groups excluding carboxylic acids is 2. The monoisotopic (exact) mass is 315 g/mol. The molecular weight excluding hydrogens is 309 g/mol. The Kier molecular flexibility index (Phi) is 3.44. The summed E-state index contributed by atoms with van der Waals surface area (Å²) in [4.78, 5) is 26.5. The average Bonchev–Trinajstić information content (AvgIpc) is 2.63. The van der Waals surface area contributed by atoms with Crippen LogP contribution >= 0.6 is 27.5 Å². The molecule has 0 saturated heterocycles. The number of nitrogens with one attached hydrogen (secondary N) is 2. The third kappa shape index (κ3) is 2.83. The first kappa shape index (κ1) is 12.1.